The van der Waals surface area contributed by atoms with Crippen molar-refractivity contribution in [3.8, 4) is 28.6 Å². The monoisotopic (exact) mass is 417 g/mol. The van der Waals surface area contributed by atoms with E-state index in [4.69, 9.17) is 13.9 Å². The number of carbonyl (C=O) groups excluding carboxylic acids is 1. The summed E-state index contributed by atoms with van der Waals surface area (Å²) >= 11 is 0. The second-order valence-corrected chi connectivity index (χ2v) is 6.86. The maximum atomic E-state index is 12.9. The fourth-order valence-electron chi connectivity index (χ4n) is 3.10. The first-order valence-corrected chi connectivity index (χ1v) is 9.91. The molecule has 0 aliphatic rings. The average Bonchev–Trinajstić information content (AvgIpc) is 3.44. The van der Waals surface area contributed by atoms with Gasteiger partial charge in [0, 0.05) is 6.20 Å². The number of rotatable bonds is 8. The molecule has 0 spiro atoms. The molecule has 0 aliphatic carbocycles. The third-order valence-corrected chi connectivity index (χ3v) is 4.67. The lowest BCUT2D eigenvalue weighted by Crippen LogP contribution is -2.28. The number of aromatic nitrogens is 2. The van der Waals surface area contributed by atoms with Crippen LogP contribution >= 0.6 is 0 Å². The Morgan fingerprint density at radius 1 is 1.03 bits per heavy atom. The number of para-hydroxylation sites is 1. The molecule has 7 heteroatoms. The van der Waals surface area contributed by atoms with Gasteiger partial charge in [-0.3, -0.25) is 4.79 Å². The maximum absolute atomic E-state index is 12.9. The molecule has 2 aromatic carbocycles. The van der Waals surface area contributed by atoms with E-state index in [-0.39, 0.29) is 5.91 Å². The van der Waals surface area contributed by atoms with E-state index in [2.05, 4.69) is 10.4 Å². The first kappa shape index (κ1) is 20.3. The lowest BCUT2D eigenvalue weighted by atomic mass is 10.2. The van der Waals surface area contributed by atoms with Gasteiger partial charge in [0.05, 0.1) is 24.9 Å². The van der Waals surface area contributed by atoms with Crippen LogP contribution in [0.5, 0.6) is 11.5 Å². The van der Waals surface area contributed by atoms with Gasteiger partial charge in [0.2, 0.25) is 0 Å². The highest BCUT2D eigenvalue weighted by molar-refractivity contribution is 5.99. The van der Waals surface area contributed by atoms with E-state index in [1.807, 2.05) is 73.7 Å². The van der Waals surface area contributed by atoms with Crippen molar-refractivity contribution in [3.63, 3.8) is 0 Å². The number of amides is 1. The fourth-order valence-corrected chi connectivity index (χ4v) is 3.10. The Hall–Kier alpha value is -4.00. The molecule has 0 aliphatic heterocycles. The second-order valence-electron chi connectivity index (χ2n) is 6.86. The molecule has 0 fully saturated rings. The van der Waals surface area contributed by atoms with Gasteiger partial charge in [-0.15, -0.1) is 0 Å². The normalized spacial score (nSPS) is 10.6. The quantitative estimate of drug-likeness (QED) is 0.434. The molecule has 31 heavy (non-hydrogen) atoms. The number of furan rings is 1. The first-order valence-electron chi connectivity index (χ1n) is 9.91. The molecule has 0 saturated carbocycles. The highest BCUT2D eigenvalue weighted by Gasteiger charge is 2.20. The van der Waals surface area contributed by atoms with Crippen LogP contribution in [0.25, 0.3) is 17.1 Å². The molecule has 4 rings (SSSR count). The largest absolute Gasteiger partial charge is 0.497 e. The van der Waals surface area contributed by atoms with E-state index in [0.717, 1.165) is 17.2 Å². The summed E-state index contributed by atoms with van der Waals surface area (Å²) in [5, 5.41) is 7.49. The number of methoxy groups -OCH3 is 1. The summed E-state index contributed by atoms with van der Waals surface area (Å²) in [7, 11) is 1.61. The first-order chi connectivity index (χ1) is 15.1. The number of hydrogen-bond acceptors (Lipinski definition) is 5. The van der Waals surface area contributed by atoms with Crippen molar-refractivity contribution in [2.24, 2.45) is 0 Å². The average molecular weight is 417 g/mol. The second kappa shape index (κ2) is 9.21. The van der Waals surface area contributed by atoms with E-state index < -0.39 is 0 Å². The third kappa shape index (κ3) is 4.78. The summed E-state index contributed by atoms with van der Waals surface area (Å²) in [6, 6.07) is 20.6. The number of nitrogens with zero attached hydrogens (tertiary/aromatic N) is 2. The Morgan fingerprint density at radius 2 is 1.77 bits per heavy atom. The smallest absolute Gasteiger partial charge is 0.255 e. The lowest BCUT2D eigenvalue weighted by molar-refractivity contribution is 0.0947. The van der Waals surface area contributed by atoms with Gasteiger partial charge in [-0.1, -0.05) is 18.2 Å². The summed E-state index contributed by atoms with van der Waals surface area (Å²) in [4.78, 5) is 12.9. The molecule has 2 heterocycles. The molecule has 0 saturated heterocycles. The summed E-state index contributed by atoms with van der Waals surface area (Å²) in [5.41, 5.74) is 1.78. The summed E-state index contributed by atoms with van der Waals surface area (Å²) < 4.78 is 18.2. The number of carbonyl (C=O) groups is 1. The van der Waals surface area contributed by atoms with E-state index in [9.17, 15) is 4.79 Å². The molecule has 2 aromatic heterocycles. The van der Waals surface area contributed by atoms with Crippen LogP contribution in [0.2, 0.25) is 0 Å². The van der Waals surface area contributed by atoms with Crippen molar-refractivity contribution in [2.75, 3.05) is 20.3 Å². The number of benzene rings is 2. The topological polar surface area (TPSA) is 78.5 Å². The van der Waals surface area contributed by atoms with Crippen molar-refractivity contribution >= 4 is 5.91 Å². The van der Waals surface area contributed by atoms with Gasteiger partial charge in [0.15, 0.2) is 5.76 Å². The summed E-state index contributed by atoms with van der Waals surface area (Å²) in [6.07, 6.45) is 1.71. The van der Waals surface area contributed by atoms with Crippen molar-refractivity contribution in [3.05, 3.63) is 84.3 Å². The van der Waals surface area contributed by atoms with Crippen molar-refractivity contribution in [1.29, 1.82) is 0 Å². The van der Waals surface area contributed by atoms with E-state index in [1.54, 1.807) is 18.0 Å². The molecular formula is C24H23N3O4. The Kier molecular flexibility index (Phi) is 6.03. The maximum Gasteiger partial charge on any atom is 0.255 e. The van der Waals surface area contributed by atoms with E-state index in [0.29, 0.717) is 35.9 Å². The van der Waals surface area contributed by atoms with Gasteiger partial charge in [-0.2, -0.15) is 5.10 Å². The molecule has 1 amide bonds. The molecular weight excluding hydrogens is 394 g/mol. The SMILES string of the molecule is COc1ccc(OCCNC(=O)c2cn(-c3ccccc3)nc2-c2ccc(C)o2)cc1. The minimum Gasteiger partial charge on any atom is -0.497 e. The van der Waals surface area contributed by atoms with Crippen LogP contribution < -0.4 is 14.8 Å². The Labute approximate surface area is 180 Å². The van der Waals surface area contributed by atoms with Crippen LogP contribution in [0.4, 0.5) is 0 Å². The Morgan fingerprint density at radius 3 is 2.45 bits per heavy atom. The molecule has 0 bridgehead atoms. The number of ether oxygens (including phenoxy) is 2. The van der Waals surface area contributed by atoms with Crippen molar-refractivity contribution in [2.45, 2.75) is 6.92 Å². The van der Waals surface area contributed by atoms with Gasteiger partial charge in [0.1, 0.15) is 29.6 Å². The Bertz CT molecular complexity index is 1150. The number of nitrogens with one attached hydrogen (secondary N) is 1. The van der Waals surface area contributed by atoms with Gasteiger partial charge in [-0.25, -0.2) is 4.68 Å². The molecule has 0 unspecified atom stereocenters. The predicted octanol–water partition coefficient (Wildman–Crippen LogP) is 4.26. The van der Waals surface area contributed by atoms with E-state index >= 15 is 0 Å². The van der Waals surface area contributed by atoms with Crippen LogP contribution in [-0.2, 0) is 0 Å². The highest BCUT2D eigenvalue weighted by Crippen LogP contribution is 2.25. The van der Waals surface area contributed by atoms with Crippen LogP contribution in [0, 0.1) is 6.92 Å². The van der Waals surface area contributed by atoms with E-state index in [1.165, 1.54) is 0 Å². The molecule has 1 N–H and O–H groups in total. The summed E-state index contributed by atoms with van der Waals surface area (Å²) in [5.74, 6) is 2.52. The molecule has 7 nitrogen and oxygen atoms in total. The zero-order valence-electron chi connectivity index (χ0n) is 17.4. The molecule has 0 atom stereocenters. The summed E-state index contributed by atoms with van der Waals surface area (Å²) in [6.45, 7) is 2.53. The highest BCUT2D eigenvalue weighted by atomic mass is 16.5. The Balaban J connectivity index is 1.46. The molecule has 4 aromatic rings. The van der Waals surface area contributed by atoms with Crippen LogP contribution in [-0.4, -0.2) is 35.9 Å². The fraction of sp³-hybridized carbons (Fsp3) is 0.167. The standard InChI is InChI=1S/C24H23N3O4/c1-17-8-13-22(31-17)23-21(16-27(26-23)18-6-4-3-5-7-18)24(28)25-14-15-30-20-11-9-19(29-2)10-12-20/h3-13,16H,14-15H2,1-2H3,(H,25,28). The van der Waals surface area contributed by atoms with Gasteiger partial charge in [-0.05, 0) is 55.5 Å². The van der Waals surface area contributed by atoms with Gasteiger partial charge < -0.3 is 19.2 Å². The van der Waals surface area contributed by atoms with Gasteiger partial charge >= 0.3 is 0 Å². The zero-order valence-corrected chi connectivity index (χ0v) is 17.4. The number of aryl methyl sites for hydroxylation is 1. The van der Waals surface area contributed by atoms with Crippen molar-refractivity contribution in [1.82, 2.24) is 15.1 Å². The predicted molar refractivity (Wildman–Crippen MR) is 117 cm³/mol. The minimum absolute atomic E-state index is 0.246. The van der Waals surface area contributed by atoms with Crippen LogP contribution in [0.3, 0.4) is 0 Å². The minimum atomic E-state index is -0.246. The van der Waals surface area contributed by atoms with Gasteiger partial charge in [0.25, 0.3) is 5.91 Å². The molecule has 158 valence electrons. The van der Waals surface area contributed by atoms with Crippen LogP contribution in [0.1, 0.15) is 16.1 Å². The lowest BCUT2D eigenvalue weighted by Gasteiger charge is -2.08. The molecule has 0 radical (unpaired) electrons. The third-order valence-electron chi connectivity index (χ3n) is 4.67. The number of hydrogen-bond donors (Lipinski definition) is 1. The van der Waals surface area contributed by atoms with Crippen molar-refractivity contribution < 1.29 is 18.7 Å². The zero-order chi connectivity index (χ0) is 21.6. The van der Waals surface area contributed by atoms with Crippen LogP contribution in [0.15, 0.2) is 77.3 Å².